The molecule has 1 saturated heterocycles. The van der Waals surface area contributed by atoms with Crippen LogP contribution in [-0.4, -0.2) is 50.8 Å². The number of piperidine rings is 1. The van der Waals surface area contributed by atoms with Gasteiger partial charge in [-0.05, 0) is 42.5 Å². The van der Waals surface area contributed by atoms with Gasteiger partial charge in [0.25, 0.3) is 0 Å². The molecule has 1 heterocycles. The monoisotopic (exact) mass is 444 g/mol. The van der Waals surface area contributed by atoms with Crippen molar-refractivity contribution in [1.29, 1.82) is 0 Å². The van der Waals surface area contributed by atoms with Crippen molar-refractivity contribution in [2.24, 2.45) is 5.14 Å². The molecule has 0 aliphatic carbocycles. The number of carbonyl (C=O) groups excluding carboxylic acids is 2. The molecule has 0 radical (unpaired) electrons. The van der Waals surface area contributed by atoms with Crippen molar-refractivity contribution in [2.45, 2.75) is 36.7 Å². The molecular formula is C22H28N4O4S. The minimum absolute atomic E-state index is 0.00368. The molecule has 0 spiro atoms. The Morgan fingerprint density at radius 2 is 1.58 bits per heavy atom. The van der Waals surface area contributed by atoms with Crippen molar-refractivity contribution in [1.82, 2.24) is 15.5 Å². The highest BCUT2D eigenvalue weighted by Gasteiger charge is 2.23. The van der Waals surface area contributed by atoms with Gasteiger partial charge in [0.1, 0.15) is 0 Å². The van der Waals surface area contributed by atoms with E-state index < -0.39 is 21.8 Å². The van der Waals surface area contributed by atoms with Crippen LogP contribution < -0.4 is 15.8 Å². The number of rotatable bonds is 7. The molecule has 166 valence electrons. The number of benzene rings is 2. The lowest BCUT2D eigenvalue weighted by molar-refractivity contribution is -0.139. The minimum Gasteiger partial charge on any atom is -0.348 e. The highest BCUT2D eigenvalue weighted by atomic mass is 32.2. The number of hydrogen-bond donors (Lipinski definition) is 3. The van der Waals surface area contributed by atoms with E-state index in [0.717, 1.165) is 38.0 Å². The molecule has 1 fully saturated rings. The summed E-state index contributed by atoms with van der Waals surface area (Å²) in [6, 6.07) is 16.4. The van der Waals surface area contributed by atoms with Crippen LogP contribution in [0.15, 0.2) is 59.5 Å². The Balaban J connectivity index is 1.35. The van der Waals surface area contributed by atoms with E-state index in [9.17, 15) is 18.0 Å². The molecule has 2 aromatic rings. The van der Waals surface area contributed by atoms with Crippen molar-refractivity contribution in [3.8, 4) is 0 Å². The molecule has 0 bridgehead atoms. The van der Waals surface area contributed by atoms with Crippen molar-refractivity contribution in [2.75, 3.05) is 19.6 Å². The number of carbonyl (C=O) groups is 2. The second-order valence-electron chi connectivity index (χ2n) is 7.70. The lowest BCUT2D eigenvalue weighted by Gasteiger charge is -2.32. The summed E-state index contributed by atoms with van der Waals surface area (Å²) in [5.41, 5.74) is 2.10. The standard InChI is InChI=1S/C22H28N4O4S/c23-31(29,30)20-8-6-17(7-9-20)10-13-24-21(27)22(28)25-19-11-14-26(15-12-19)16-18-4-2-1-3-5-18/h1-9,19H,10-16H2,(H,24,27)(H,25,28)(H2,23,29,30). The van der Waals surface area contributed by atoms with Crippen molar-refractivity contribution < 1.29 is 18.0 Å². The van der Waals surface area contributed by atoms with Gasteiger partial charge in [-0.1, -0.05) is 42.5 Å². The first-order valence-electron chi connectivity index (χ1n) is 10.3. The molecule has 1 aliphatic heterocycles. The van der Waals surface area contributed by atoms with Gasteiger partial charge in [0.2, 0.25) is 10.0 Å². The average molecular weight is 445 g/mol. The van der Waals surface area contributed by atoms with E-state index in [4.69, 9.17) is 5.14 Å². The third kappa shape index (κ3) is 7.16. The Bertz CT molecular complexity index is 986. The van der Waals surface area contributed by atoms with E-state index in [1.165, 1.54) is 17.7 Å². The number of sulfonamides is 1. The first kappa shape index (κ1) is 22.9. The largest absolute Gasteiger partial charge is 0.348 e. The molecule has 9 heteroatoms. The lowest BCUT2D eigenvalue weighted by Crippen LogP contribution is -2.49. The summed E-state index contributed by atoms with van der Waals surface area (Å²) in [7, 11) is -3.72. The Morgan fingerprint density at radius 3 is 2.19 bits per heavy atom. The number of amides is 2. The maximum absolute atomic E-state index is 12.2. The second-order valence-corrected chi connectivity index (χ2v) is 9.27. The molecule has 0 aromatic heterocycles. The molecule has 0 atom stereocenters. The molecule has 8 nitrogen and oxygen atoms in total. The van der Waals surface area contributed by atoms with E-state index >= 15 is 0 Å². The second kappa shape index (κ2) is 10.5. The van der Waals surface area contributed by atoms with Gasteiger partial charge in [-0.3, -0.25) is 14.5 Å². The van der Waals surface area contributed by atoms with E-state index in [0.29, 0.717) is 6.42 Å². The molecule has 4 N–H and O–H groups in total. The van der Waals surface area contributed by atoms with Crippen LogP contribution in [0.25, 0.3) is 0 Å². The molecule has 0 unspecified atom stereocenters. The Hall–Kier alpha value is -2.75. The molecule has 2 amide bonds. The van der Waals surface area contributed by atoms with Crippen LogP contribution in [0.3, 0.4) is 0 Å². The summed E-state index contributed by atoms with van der Waals surface area (Å²) in [6.07, 6.45) is 2.09. The molecule has 0 saturated carbocycles. The van der Waals surface area contributed by atoms with Crippen LogP contribution in [0.5, 0.6) is 0 Å². The zero-order valence-electron chi connectivity index (χ0n) is 17.3. The zero-order chi connectivity index (χ0) is 22.3. The van der Waals surface area contributed by atoms with Gasteiger partial charge in [0.05, 0.1) is 4.90 Å². The summed E-state index contributed by atoms with van der Waals surface area (Å²) in [6.45, 7) is 2.91. The summed E-state index contributed by atoms with van der Waals surface area (Å²) in [4.78, 5) is 26.6. The fourth-order valence-electron chi connectivity index (χ4n) is 3.57. The van der Waals surface area contributed by atoms with Crippen molar-refractivity contribution in [3.63, 3.8) is 0 Å². The van der Waals surface area contributed by atoms with Crippen LogP contribution in [0, 0.1) is 0 Å². The summed E-state index contributed by atoms with van der Waals surface area (Å²) >= 11 is 0. The number of likely N-dealkylation sites (tertiary alicyclic amines) is 1. The molecule has 3 rings (SSSR count). The van der Waals surface area contributed by atoms with Crippen LogP contribution in [-0.2, 0) is 32.6 Å². The van der Waals surface area contributed by atoms with Crippen LogP contribution in [0.4, 0.5) is 0 Å². The van der Waals surface area contributed by atoms with Gasteiger partial charge in [-0.2, -0.15) is 0 Å². The van der Waals surface area contributed by atoms with Gasteiger partial charge >= 0.3 is 11.8 Å². The van der Waals surface area contributed by atoms with Gasteiger partial charge in [0, 0.05) is 32.2 Å². The fraction of sp³-hybridized carbons (Fsp3) is 0.364. The van der Waals surface area contributed by atoms with Crippen LogP contribution in [0.1, 0.15) is 24.0 Å². The average Bonchev–Trinajstić information content (AvgIpc) is 2.75. The SMILES string of the molecule is NS(=O)(=O)c1ccc(CCNC(=O)C(=O)NC2CCN(Cc3ccccc3)CC2)cc1. The summed E-state index contributed by atoms with van der Waals surface area (Å²) in [5.74, 6) is -1.28. The number of hydrogen-bond acceptors (Lipinski definition) is 5. The Kier molecular flexibility index (Phi) is 7.78. The predicted molar refractivity (Wildman–Crippen MR) is 117 cm³/mol. The highest BCUT2D eigenvalue weighted by Crippen LogP contribution is 2.14. The first-order valence-corrected chi connectivity index (χ1v) is 11.8. The maximum Gasteiger partial charge on any atom is 0.309 e. The van der Waals surface area contributed by atoms with Crippen LogP contribution in [0.2, 0.25) is 0 Å². The smallest absolute Gasteiger partial charge is 0.309 e. The lowest BCUT2D eigenvalue weighted by atomic mass is 10.0. The van der Waals surface area contributed by atoms with E-state index in [1.54, 1.807) is 12.1 Å². The normalized spacial score (nSPS) is 15.4. The third-order valence-electron chi connectivity index (χ3n) is 5.33. The quantitative estimate of drug-likeness (QED) is 0.545. The van der Waals surface area contributed by atoms with Crippen molar-refractivity contribution >= 4 is 21.8 Å². The van der Waals surface area contributed by atoms with E-state index in [2.05, 4.69) is 27.7 Å². The molecule has 1 aliphatic rings. The molecular weight excluding hydrogens is 416 g/mol. The van der Waals surface area contributed by atoms with Gasteiger partial charge in [-0.15, -0.1) is 0 Å². The number of primary sulfonamides is 1. The Morgan fingerprint density at radius 1 is 0.935 bits per heavy atom. The van der Waals surface area contributed by atoms with E-state index in [1.807, 2.05) is 18.2 Å². The minimum atomic E-state index is -3.72. The first-order chi connectivity index (χ1) is 14.8. The third-order valence-corrected chi connectivity index (χ3v) is 6.26. The molecule has 2 aromatic carbocycles. The number of nitrogens with one attached hydrogen (secondary N) is 2. The number of nitrogens with zero attached hydrogens (tertiary/aromatic N) is 1. The summed E-state index contributed by atoms with van der Waals surface area (Å²) in [5, 5.41) is 10.5. The number of nitrogens with two attached hydrogens (primary N) is 1. The van der Waals surface area contributed by atoms with Gasteiger partial charge < -0.3 is 10.6 Å². The predicted octanol–water partition coefficient (Wildman–Crippen LogP) is 0.774. The van der Waals surface area contributed by atoms with Crippen molar-refractivity contribution in [3.05, 3.63) is 65.7 Å². The van der Waals surface area contributed by atoms with Gasteiger partial charge in [0.15, 0.2) is 0 Å². The fourth-order valence-corrected chi connectivity index (χ4v) is 4.09. The zero-order valence-corrected chi connectivity index (χ0v) is 18.1. The van der Waals surface area contributed by atoms with E-state index in [-0.39, 0.29) is 17.5 Å². The Labute approximate surface area is 182 Å². The maximum atomic E-state index is 12.2. The van der Waals surface area contributed by atoms with Gasteiger partial charge in [-0.25, -0.2) is 13.6 Å². The highest BCUT2D eigenvalue weighted by molar-refractivity contribution is 7.89. The van der Waals surface area contributed by atoms with Crippen LogP contribution >= 0.6 is 0 Å². The summed E-state index contributed by atoms with van der Waals surface area (Å²) < 4.78 is 22.5. The molecule has 31 heavy (non-hydrogen) atoms. The topological polar surface area (TPSA) is 122 Å².